The van der Waals surface area contributed by atoms with Gasteiger partial charge in [0.1, 0.15) is 29.9 Å². The number of nitrogens with one attached hydrogen (secondary N) is 1. The third kappa shape index (κ3) is 4.70. The Balaban J connectivity index is 1.53. The summed E-state index contributed by atoms with van der Waals surface area (Å²) in [5, 5.41) is 19.8. The maximum atomic E-state index is 14.4. The summed E-state index contributed by atoms with van der Waals surface area (Å²) < 4.78 is 29.1. The molecule has 162 valence electrons. The molecule has 0 aliphatic heterocycles. The molecule has 1 heterocycles. The van der Waals surface area contributed by atoms with E-state index in [0.717, 1.165) is 28.5 Å². The molecule has 8 heteroatoms. The highest BCUT2D eigenvalue weighted by molar-refractivity contribution is 5.96. The highest BCUT2D eigenvalue weighted by Gasteiger charge is 2.34. The second-order valence-electron chi connectivity index (χ2n) is 7.37. The molecule has 1 aromatic heterocycles. The normalized spacial score (nSPS) is 13.3. The molecule has 4 aromatic rings. The van der Waals surface area contributed by atoms with Crippen LogP contribution in [0.15, 0.2) is 79.4 Å². The van der Waals surface area contributed by atoms with E-state index in [0.29, 0.717) is 6.07 Å². The van der Waals surface area contributed by atoms with Crippen molar-refractivity contribution < 1.29 is 18.7 Å². The lowest BCUT2D eigenvalue weighted by Crippen LogP contribution is -2.44. The molecule has 0 bridgehead atoms. The maximum absolute atomic E-state index is 14.4. The van der Waals surface area contributed by atoms with Crippen LogP contribution in [0.4, 0.5) is 8.78 Å². The van der Waals surface area contributed by atoms with E-state index in [1.165, 1.54) is 23.4 Å². The van der Waals surface area contributed by atoms with Crippen molar-refractivity contribution >= 4 is 22.8 Å². The number of aromatic nitrogens is 3. The number of halogens is 2. The van der Waals surface area contributed by atoms with Gasteiger partial charge in [-0.3, -0.25) is 4.79 Å². The van der Waals surface area contributed by atoms with Crippen molar-refractivity contribution in [2.75, 3.05) is 6.54 Å². The van der Waals surface area contributed by atoms with Crippen LogP contribution in [-0.4, -0.2) is 32.3 Å². The summed E-state index contributed by atoms with van der Waals surface area (Å²) in [6.45, 7) is -0.517. The van der Waals surface area contributed by atoms with Crippen LogP contribution in [0.25, 0.3) is 16.8 Å². The van der Waals surface area contributed by atoms with Crippen LogP contribution in [-0.2, 0) is 16.9 Å². The molecule has 1 amide bonds. The lowest BCUT2D eigenvalue weighted by atomic mass is 9.92. The van der Waals surface area contributed by atoms with Gasteiger partial charge in [-0.05, 0) is 28.5 Å². The Morgan fingerprint density at radius 1 is 1.12 bits per heavy atom. The molecular formula is C24H20F2N4O2. The van der Waals surface area contributed by atoms with Crippen LogP contribution in [0.1, 0.15) is 11.1 Å². The van der Waals surface area contributed by atoms with Gasteiger partial charge < -0.3 is 10.4 Å². The molecule has 6 nitrogen and oxygen atoms in total. The van der Waals surface area contributed by atoms with Crippen molar-refractivity contribution in [1.82, 2.24) is 20.1 Å². The smallest absolute Gasteiger partial charge is 0.244 e. The van der Waals surface area contributed by atoms with Crippen molar-refractivity contribution in [1.29, 1.82) is 0 Å². The first-order valence-electron chi connectivity index (χ1n) is 9.89. The zero-order valence-electron chi connectivity index (χ0n) is 17.0. The van der Waals surface area contributed by atoms with E-state index in [2.05, 4.69) is 15.4 Å². The molecular weight excluding hydrogens is 414 g/mol. The molecule has 0 saturated heterocycles. The number of amides is 1. The minimum Gasteiger partial charge on any atom is -0.381 e. The summed E-state index contributed by atoms with van der Waals surface area (Å²) in [4.78, 5) is 16.3. The summed E-state index contributed by atoms with van der Waals surface area (Å²) >= 11 is 0. The minimum absolute atomic E-state index is 0.160. The fourth-order valence-electron chi connectivity index (χ4n) is 3.54. The number of nitrogens with zero attached hydrogens (tertiary/aromatic N) is 3. The number of hydrogen-bond donors (Lipinski definition) is 2. The van der Waals surface area contributed by atoms with E-state index in [1.807, 2.05) is 42.5 Å². The number of benzene rings is 3. The molecule has 0 radical (unpaired) electrons. The average molecular weight is 434 g/mol. The average Bonchev–Trinajstić information content (AvgIpc) is 3.29. The first kappa shape index (κ1) is 21.3. The van der Waals surface area contributed by atoms with Gasteiger partial charge in [-0.2, -0.15) is 5.10 Å². The predicted molar refractivity (Wildman–Crippen MR) is 116 cm³/mol. The van der Waals surface area contributed by atoms with Crippen LogP contribution >= 0.6 is 0 Å². The molecule has 1 atom stereocenters. The minimum atomic E-state index is -1.88. The largest absolute Gasteiger partial charge is 0.381 e. The van der Waals surface area contributed by atoms with E-state index in [9.17, 15) is 18.7 Å². The molecule has 0 spiro atoms. The maximum Gasteiger partial charge on any atom is 0.244 e. The molecule has 1 unspecified atom stereocenters. The lowest BCUT2D eigenvalue weighted by Gasteiger charge is -2.29. The summed E-state index contributed by atoms with van der Waals surface area (Å²) in [6.07, 6.45) is 5.65. The number of rotatable bonds is 7. The van der Waals surface area contributed by atoms with Crippen LogP contribution in [0.3, 0.4) is 0 Å². The van der Waals surface area contributed by atoms with Gasteiger partial charge in [-0.1, -0.05) is 48.5 Å². The van der Waals surface area contributed by atoms with E-state index in [-0.39, 0.29) is 18.7 Å². The van der Waals surface area contributed by atoms with E-state index in [1.54, 1.807) is 6.08 Å². The first-order chi connectivity index (χ1) is 15.4. The topological polar surface area (TPSA) is 80.0 Å². The fourth-order valence-corrected chi connectivity index (χ4v) is 3.54. The Morgan fingerprint density at radius 3 is 2.72 bits per heavy atom. The number of aliphatic hydroxyl groups is 1. The quantitative estimate of drug-likeness (QED) is 0.437. The molecule has 0 saturated carbocycles. The number of hydrogen-bond acceptors (Lipinski definition) is 4. The molecule has 2 N–H and O–H groups in total. The monoisotopic (exact) mass is 434 g/mol. The summed E-state index contributed by atoms with van der Waals surface area (Å²) in [5.41, 5.74) is -1.18. The van der Waals surface area contributed by atoms with Gasteiger partial charge >= 0.3 is 0 Å². The van der Waals surface area contributed by atoms with Crippen LogP contribution in [0.2, 0.25) is 0 Å². The second kappa shape index (κ2) is 9.07. The van der Waals surface area contributed by atoms with Crippen molar-refractivity contribution in [2.24, 2.45) is 0 Å². The van der Waals surface area contributed by atoms with Crippen LogP contribution in [0, 0.1) is 11.6 Å². The van der Waals surface area contributed by atoms with Gasteiger partial charge in [0.25, 0.3) is 0 Å². The van der Waals surface area contributed by atoms with Crippen LogP contribution < -0.4 is 5.32 Å². The Labute approximate surface area is 182 Å². The van der Waals surface area contributed by atoms with Gasteiger partial charge in [0, 0.05) is 17.7 Å². The highest BCUT2D eigenvalue weighted by Crippen LogP contribution is 2.26. The Kier molecular flexibility index (Phi) is 6.04. The van der Waals surface area contributed by atoms with Gasteiger partial charge in [0.05, 0.1) is 13.1 Å². The molecule has 0 aliphatic carbocycles. The number of carbonyl (C=O) groups excluding carboxylic acids is 1. The highest BCUT2D eigenvalue weighted by atomic mass is 19.1. The number of carbonyl (C=O) groups is 1. The van der Waals surface area contributed by atoms with Gasteiger partial charge in [-0.15, -0.1) is 0 Å². The van der Waals surface area contributed by atoms with E-state index in [4.69, 9.17) is 0 Å². The van der Waals surface area contributed by atoms with Crippen LogP contribution in [0.5, 0.6) is 0 Å². The predicted octanol–water partition coefficient (Wildman–Crippen LogP) is 3.43. The number of fused-ring (bicyclic) bond motifs is 1. The van der Waals surface area contributed by atoms with Gasteiger partial charge in [-0.25, -0.2) is 18.4 Å². The molecule has 0 fully saturated rings. The Bertz CT molecular complexity index is 1270. The third-order valence-corrected chi connectivity index (χ3v) is 5.12. The SMILES string of the molecule is O=C(C=Cc1cccc2ccccc12)NCC(O)(Cn1cncn1)c1ccc(F)cc1F. The lowest BCUT2D eigenvalue weighted by molar-refractivity contribution is -0.118. The standard InChI is InChI=1S/C24H20F2N4O2/c25-19-9-10-21(22(26)12-19)24(32,14-30-16-27-15-29-30)13-28-23(31)11-8-18-6-3-5-17-4-1-2-7-20(17)18/h1-12,15-16,32H,13-14H2,(H,28,31). The van der Waals surface area contributed by atoms with E-state index >= 15 is 0 Å². The van der Waals surface area contributed by atoms with Crippen molar-refractivity contribution in [2.45, 2.75) is 12.1 Å². The van der Waals surface area contributed by atoms with Gasteiger partial charge in [0.15, 0.2) is 0 Å². The van der Waals surface area contributed by atoms with Crippen molar-refractivity contribution in [3.63, 3.8) is 0 Å². The summed E-state index contributed by atoms with van der Waals surface area (Å²) in [7, 11) is 0. The summed E-state index contributed by atoms with van der Waals surface area (Å²) in [5.74, 6) is -2.16. The third-order valence-electron chi connectivity index (χ3n) is 5.12. The first-order valence-corrected chi connectivity index (χ1v) is 9.89. The molecule has 3 aromatic carbocycles. The summed E-state index contributed by atoms with van der Waals surface area (Å²) in [6, 6.07) is 16.4. The van der Waals surface area contributed by atoms with Crippen molar-refractivity contribution in [3.8, 4) is 0 Å². The fraction of sp³-hybridized carbons (Fsp3) is 0.125. The second-order valence-corrected chi connectivity index (χ2v) is 7.37. The molecule has 32 heavy (non-hydrogen) atoms. The Morgan fingerprint density at radius 2 is 1.94 bits per heavy atom. The molecule has 4 rings (SSSR count). The zero-order valence-corrected chi connectivity index (χ0v) is 17.0. The Hall–Kier alpha value is -3.91. The molecule has 0 aliphatic rings. The van der Waals surface area contributed by atoms with Gasteiger partial charge in [0.2, 0.25) is 5.91 Å². The van der Waals surface area contributed by atoms with E-state index < -0.39 is 23.1 Å². The van der Waals surface area contributed by atoms with Crippen molar-refractivity contribution in [3.05, 3.63) is 102 Å². The zero-order chi connectivity index (χ0) is 22.6.